The first kappa shape index (κ1) is 24.1. The molecule has 0 unspecified atom stereocenters. The molecule has 3 aromatic rings. The van der Waals surface area contributed by atoms with Gasteiger partial charge in [0.2, 0.25) is 0 Å². The van der Waals surface area contributed by atoms with Gasteiger partial charge in [0, 0.05) is 38.1 Å². The number of benzene rings is 1. The molecule has 1 aliphatic heterocycles. The van der Waals surface area contributed by atoms with E-state index in [1.54, 1.807) is 19.1 Å². The Morgan fingerprint density at radius 2 is 1.88 bits per heavy atom. The summed E-state index contributed by atoms with van der Waals surface area (Å²) in [6.07, 6.45) is 6.03. The van der Waals surface area contributed by atoms with Crippen LogP contribution in [-0.4, -0.2) is 71.2 Å². The Labute approximate surface area is 202 Å². The Balaban J connectivity index is 1.40. The molecule has 34 heavy (non-hydrogen) atoms. The van der Waals surface area contributed by atoms with E-state index in [0.717, 1.165) is 55.1 Å². The molecule has 0 bridgehead atoms. The molecule has 7 nitrogen and oxygen atoms in total. The van der Waals surface area contributed by atoms with Crippen LogP contribution in [0.1, 0.15) is 45.1 Å². The summed E-state index contributed by atoms with van der Waals surface area (Å²) in [4.78, 5) is 21.3. The average Bonchev–Trinajstić information content (AvgIpc) is 3.26. The standard InChI is InChI=1S/C27H36N4O3/c1-27(2,3)34-26(32)29(4)17-18-30-15-12-20(13-16-30)21-10-8-14-31-19-23(28-25(21)31)22-9-6-7-11-24(22)33-5/h6-11,14,19-20H,12-13,15-18H2,1-5H3. The van der Waals surface area contributed by atoms with E-state index in [-0.39, 0.29) is 6.09 Å². The van der Waals surface area contributed by atoms with Gasteiger partial charge in [-0.25, -0.2) is 9.78 Å². The number of nitrogens with zero attached hydrogens (tertiary/aromatic N) is 4. The lowest BCUT2D eigenvalue weighted by Gasteiger charge is -2.33. The molecule has 0 aliphatic carbocycles. The molecule has 7 heteroatoms. The quantitative estimate of drug-likeness (QED) is 0.511. The highest BCUT2D eigenvalue weighted by atomic mass is 16.6. The zero-order valence-corrected chi connectivity index (χ0v) is 21.0. The van der Waals surface area contributed by atoms with Crippen molar-refractivity contribution in [3.8, 4) is 17.0 Å². The fourth-order valence-electron chi connectivity index (χ4n) is 4.53. The second-order valence-electron chi connectivity index (χ2n) is 10.0. The highest BCUT2D eigenvalue weighted by molar-refractivity contribution is 5.70. The van der Waals surface area contributed by atoms with Crippen LogP contribution in [-0.2, 0) is 4.74 Å². The Kier molecular flexibility index (Phi) is 7.12. The van der Waals surface area contributed by atoms with Crippen LogP contribution in [0.4, 0.5) is 4.79 Å². The smallest absolute Gasteiger partial charge is 0.410 e. The highest BCUT2D eigenvalue weighted by Crippen LogP contribution is 2.34. The molecule has 1 fully saturated rings. The molecule has 0 atom stereocenters. The van der Waals surface area contributed by atoms with Gasteiger partial charge in [0.05, 0.1) is 12.8 Å². The maximum atomic E-state index is 12.2. The van der Waals surface area contributed by atoms with Crippen LogP contribution in [0, 0.1) is 0 Å². The lowest BCUT2D eigenvalue weighted by atomic mass is 9.90. The molecule has 0 saturated carbocycles. The number of likely N-dealkylation sites (tertiary alicyclic amines) is 1. The summed E-state index contributed by atoms with van der Waals surface area (Å²) >= 11 is 0. The lowest BCUT2D eigenvalue weighted by Crippen LogP contribution is -2.41. The molecular weight excluding hydrogens is 428 g/mol. The van der Waals surface area contributed by atoms with E-state index in [4.69, 9.17) is 14.5 Å². The number of pyridine rings is 1. The van der Waals surface area contributed by atoms with Gasteiger partial charge in [-0.05, 0) is 76.4 Å². The van der Waals surface area contributed by atoms with Crippen LogP contribution in [0.5, 0.6) is 5.75 Å². The largest absolute Gasteiger partial charge is 0.496 e. The van der Waals surface area contributed by atoms with Crippen molar-refractivity contribution in [3.63, 3.8) is 0 Å². The summed E-state index contributed by atoms with van der Waals surface area (Å²) in [5, 5.41) is 0. The highest BCUT2D eigenvalue weighted by Gasteiger charge is 2.25. The van der Waals surface area contributed by atoms with Gasteiger partial charge in [0.1, 0.15) is 17.0 Å². The third-order valence-electron chi connectivity index (χ3n) is 6.38. The van der Waals surface area contributed by atoms with Crippen molar-refractivity contribution in [1.29, 1.82) is 0 Å². The number of hydrogen-bond acceptors (Lipinski definition) is 5. The van der Waals surface area contributed by atoms with Crippen LogP contribution in [0.3, 0.4) is 0 Å². The van der Waals surface area contributed by atoms with Crippen LogP contribution in [0.15, 0.2) is 48.8 Å². The average molecular weight is 465 g/mol. The zero-order valence-electron chi connectivity index (χ0n) is 21.0. The van der Waals surface area contributed by atoms with E-state index in [9.17, 15) is 4.79 Å². The van der Waals surface area contributed by atoms with Crippen LogP contribution in [0.2, 0.25) is 0 Å². The van der Waals surface area contributed by atoms with Crippen molar-refractivity contribution in [3.05, 3.63) is 54.4 Å². The van der Waals surface area contributed by atoms with Crippen molar-refractivity contribution in [1.82, 2.24) is 19.2 Å². The Bertz CT molecular complexity index is 1130. The Hall–Kier alpha value is -3.06. The number of carbonyl (C=O) groups is 1. The second kappa shape index (κ2) is 10.1. The topological polar surface area (TPSA) is 59.3 Å². The first-order valence-electron chi connectivity index (χ1n) is 12.0. The Morgan fingerprint density at radius 3 is 2.59 bits per heavy atom. The molecule has 1 saturated heterocycles. The lowest BCUT2D eigenvalue weighted by molar-refractivity contribution is 0.0278. The van der Waals surface area contributed by atoms with Crippen LogP contribution >= 0.6 is 0 Å². The number of aromatic nitrogens is 2. The predicted octanol–water partition coefficient (Wildman–Crippen LogP) is 5.06. The van der Waals surface area contributed by atoms with E-state index in [2.05, 4.69) is 33.8 Å². The van der Waals surface area contributed by atoms with Crippen molar-refractivity contribution in [2.75, 3.05) is 40.3 Å². The molecule has 2 aromatic heterocycles. The number of hydrogen-bond donors (Lipinski definition) is 0. The molecule has 0 N–H and O–H groups in total. The van der Waals surface area contributed by atoms with E-state index in [0.29, 0.717) is 12.5 Å². The zero-order chi connectivity index (χ0) is 24.3. The number of ether oxygens (including phenoxy) is 2. The summed E-state index contributed by atoms with van der Waals surface area (Å²) in [6.45, 7) is 9.21. The van der Waals surface area contributed by atoms with Crippen molar-refractivity contribution < 1.29 is 14.3 Å². The van der Waals surface area contributed by atoms with Gasteiger partial charge >= 0.3 is 6.09 Å². The van der Waals surface area contributed by atoms with E-state index in [1.807, 2.05) is 45.0 Å². The summed E-state index contributed by atoms with van der Waals surface area (Å²) in [5.41, 5.74) is 3.78. The SMILES string of the molecule is COc1ccccc1-c1cn2cccc(C3CCN(CCN(C)C(=O)OC(C)(C)C)CC3)c2n1. The monoisotopic (exact) mass is 464 g/mol. The Morgan fingerprint density at radius 1 is 1.15 bits per heavy atom. The molecular formula is C27H36N4O3. The van der Waals surface area contributed by atoms with E-state index in [1.165, 1.54) is 5.56 Å². The number of likely N-dealkylation sites (N-methyl/N-ethyl adjacent to an activating group) is 1. The first-order valence-corrected chi connectivity index (χ1v) is 12.0. The molecule has 4 rings (SSSR count). The van der Waals surface area contributed by atoms with Gasteiger partial charge in [-0.2, -0.15) is 0 Å². The minimum absolute atomic E-state index is 0.265. The number of methoxy groups -OCH3 is 1. The van der Waals surface area contributed by atoms with Crippen LogP contribution in [0.25, 0.3) is 16.9 Å². The minimum Gasteiger partial charge on any atom is -0.496 e. The number of rotatable bonds is 6. The number of imidazole rings is 1. The van der Waals surface area contributed by atoms with Gasteiger partial charge in [-0.3, -0.25) is 0 Å². The molecule has 1 aliphatic rings. The van der Waals surface area contributed by atoms with Gasteiger partial charge in [0.25, 0.3) is 0 Å². The molecule has 0 radical (unpaired) electrons. The minimum atomic E-state index is -0.469. The normalized spacial score (nSPS) is 15.4. The van der Waals surface area contributed by atoms with E-state index >= 15 is 0 Å². The number of piperidine rings is 1. The first-order chi connectivity index (χ1) is 16.2. The van der Waals surface area contributed by atoms with Crippen molar-refractivity contribution >= 4 is 11.7 Å². The summed E-state index contributed by atoms with van der Waals surface area (Å²) in [7, 11) is 3.50. The predicted molar refractivity (Wildman–Crippen MR) is 134 cm³/mol. The molecule has 182 valence electrons. The van der Waals surface area contributed by atoms with Crippen molar-refractivity contribution in [2.45, 2.75) is 45.1 Å². The summed E-state index contributed by atoms with van der Waals surface area (Å²) < 4.78 is 13.1. The summed E-state index contributed by atoms with van der Waals surface area (Å²) in [5.74, 6) is 1.30. The molecule has 1 aromatic carbocycles. The van der Waals surface area contributed by atoms with Crippen molar-refractivity contribution in [2.24, 2.45) is 0 Å². The van der Waals surface area contributed by atoms with Gasteiger partial charge in [-0.1, -0.05) is 18.2 Å². The van der Waals surface area contributed by atoms with E-state index < -0.39 is 5.60 Å². The number of amides is 1. The van der Waals surface area contributed by atoms with Crippen LogP contribution < -0.4 is 4.74 Å². The molecule has 3 heterocycles. The third-order valence-corrected chi connectivity index (χ3v) is 6.38. The summed E-state index contributed by atoms with van der Waals surface area (Å²) in [6, 6.07) is 12.3. The number of fused-ring (bicyclic) bond motifs is 1. The molecule has 1 amide bonds. The third kappa shape index (κ3) is 5.53. The number of carbonyl (C=O) groups excluding carboxylic acids is 1. The number of para-hydroxylation sites is 1. The maximum absolute atomic E-state index is 12.2. The second-order valence-corrected chi connectivity index (χ2v) is 10.0. The van der Waals surface area contributed by atoms with Gasteiger partial charge in [-0.15, -0.1) is 0 Å². The fraction of sp³-hybridized carbons (Fsp3) is 0.481. The van der Waals surface area contributed by atoms with Gasteiger partial charge in [0.15, 0.2) is 0 Å². The fourth-order valence-corrected chi connectivity index (χ4v) is 4.53. The maximum Gasteiger partial charge on any atom is 0.410 e. The molecule has 0 spiro atoms. The van der Waals surface area contributed by atoms with Gasteiger partial charge < -0.3 is 23.7 Å².